The summed E-state index contributed by atoms with van der Waals surface area (Å²) in [6, 6.07) is 5.62. The molecule has 6 heteroatoms. The minimum Gasteiger partial charge on any atom is -0.455 e. The summed E-state index contributed by atoms with van der Waals surface area (Å²) in [7, 11) is 1.88. The molecular weight excluding hydrogens is 332 g/mol. The fourth-order valence-electron chi connectivity index (χ4n) is 1.93. The van der Waals surface area contributed by atoms with Gasteiger partial charge in [-0.25, -0.2) is 4.98 Å². The number of halogens is 1. The van der Waals surface area contributed by atoms with Crippen molar-refractivity contribution in [2.45, 2.75) is 6.92 Å². The van der Waals surface area contributed by atoms with Crippen LogP contribution in [-0.4, -0.2) is 19.7 Å². The maximum absolute atomic E-state index is 5.88. The van der Waals surface area contributed by atoms with Gasteiger partial charge in [-0.1, -0.05) is 0 Å². The SMILES string of the molecule is Cc1cc(Br)ncc1Oc1ccnc(-c2cnn(C)c2)c1. The van der Waals surface area contributed by atoms with Crippen LogP contribution in [0.4, 0.5) is 0 Å². The van der Waals surface area contributed by atoms with Crippen LogP contribution in [0, 0.1) is 6.92 Å². The number of pyridine rings is 2. The second-order valence-electron chi connectivity index (χ2n) is 4.65. The minimum absolute atomic E-state index is 0.719. The Kier molecular flexibility index (Phi) is 3.70. The molecule has 0 aromatic carbocycles. The van der Waals surface area contributed by atoms with Gasteiger partial charge in [0, 0.05) is 31.1 Å². The number of hydrogen-bond acceptors (Lipinski definition) is 4. The quantitative estimate of drug-likeness (QED) is 0.679. The first-order valence-corrected chi connectivity index (χ1v) is 7.16. The maximum Gasteiger partial charge on any atom is 0.148 e. The zero-order valence-corrected chi connectivity index (χ0v) is 13.2. The lowest BCUT2D eigenvalue weighted by molar-refractivity contribution is 0.475. The molecule has 0 fully saturated rings. The van der Waals surface area contributed by atoms with Gasteiger partial charge in [-0.2, -0.15) is 5.10 Å². The minimum atomic E-state index is 0.719. The molecule has 3 rings (SSSR count). The molecule has 0 unspecified atom stereocenters. The predicted molar refractivity (Wildman–Crippen MR) is 83.2 cm³/mol. The monoisotopic (exact) mass is 344 g/mol. The van der Waals surface area contributed by atoms with Gasteiger partial charge < -0.3 is 4.74 Å². The van der Waals surface area contributed by atoms with E-state index in [2.05, 4.69) is 31.0 Å². The van der Waals surface area contributed by atoms with E-state index in [-0.39, 0.29) is 0 Å². The summed E-state index contributed by atoms with van der Waals surface area (Å²) >= 11 is 3.34. The Morgan fingerprint density at radius 3 is 2.76 bits per heavy atom. The van der Waals surface area contributed by atoms with Crippen LogP contribution in [0.2, 0.25) is 0 Å². The molecule has 3 aromatic heterocycles. The molecule has 21 heavy (non-hydrogen) atoms. The van der Waals surface area contributed by atoms with E-state index in [0.29, 0.717) is 0 Å². The highest BCUT2D eigenvalue weighted by Crippen LogP contribution is 2.28. The first kappa shape index (κ1) is 13.8. The molecule has 5 nitrogen and oxygen atoms in total. The van der Waals surface area contributed by atoms with Crippen LogP contribution in [-0.2, 0) is 7.05 Å². The van der Waals surface area contributed by atoms with Gasteiger partial charge in [-0.05, 0) is 40.5 Å². The van der Waals surface area contributed by atoms with Crippen LogP contribution in [0.1, 0.15) is 5.56 Å². The zero-order valence-electron chi connectivity index (χ0n) is 11.6. The standard InChI is InChI=1S/C15H13BrN4O/c1-10-5-15(16)18-8-14(10)21-12-3-4-17-13(6-12)11-7-19-20(2)9-11/h3-9H,1-2H3. The molecule has 0 saturated carbocycles. The van der Waals surface area contributed by atoms with Crippen molar-refractivity contribution in [3.8, 4) is 22.8 Å². The van der Waals surface area contributed by atoms with Gasteiger partial charge >= 0.3 is 0 Å². The third-order valence-corrected chi connectivity index (χ3v) is 3.42. The molecule has 0 N–H and O–H groups in total. The molecule has 0 amide bonds. The maximum atomic E-state index is 5.88. The Morgan fingerprint density at radius 1 is 1.19 bits per heavy atom. The number of aryl methyl sites for hydroxylation is 2. The summed E-state index contributed by atoms with van der Waals surface area (Å²) in [6.07, 6.45) is 7.11. The van der Waals surface area contributed by atoms with Gasteiger partial charge in [0.25, 0.3) is 0 Å². The van der Waals surface area contributed by atoms with Crippen molar-refractivity contribution in [2.24, 2.45) is 7.05 Å². The van der Waals surface area contributed by atoms with E-state index < -0.39 is 0 Å². The Labute approximate surface area is 130 Å². The molecule has 3 heterocycles. The molecular formula is C15H13BrN4O. The van der Waals surface area contributed by atoms with E-state index in [1.807, 2.05) is 38.4 Å². The Morgan fingerprint density at radius 2 is 2.05 bits per heavy atom. The van der Waals surface area contributed by atoms with E-state index in [4.69, 9.17) is 4.74 Å². The zero-order chi connectivity index (χ0) is 14.8. The summed E-state index contributed by atoms with van der Waals surface area (Å²) in [5, 5.41) is 4.15. The van der Waals surface area contributed by atoms with Crippen LogP contribution in [0.25, 0.3) is 11.3 Å². The van der Waals surface area contributed by atoms with Crippen molar-refractivity contribution < 1.29 is 4.74 Å². The van der Waals surface area contributed by atoms with Crippen LogP contribution in [0.3, 0.4) is 0 Å². The second kappa shape index (κ2) is 5.65. The highest BCUT2D eigenvalue weighted by molar-refractivity contribution is 9.10. The number of aromatic nitrogens is 4. The lowest BCUT2D eigenvalue weighted by Crippen LogP contribution is -1.91. The van der Waals surface area contributed by atoms with E-state index in [1.165, 1.54) is 0 Å². The van der Waals surface area contributed by atoms with Crippen molar-refractivity contribution in [3.63, 3.8) is 0 Å². The summed E-state index contributed by atoms with van der Waals surface area (Å²) < 4.78 is 8.42. The molecule has 0 aliphatic rings. The summed E-state index contributed by atoms with van der Waals surface area (Å²) in [5.41, 5.74) is 2.79. The van der Waals surface area contributed by atoms with Crippen LogP contribution in [0.5, 0.6) is 11.5 Å². The van der Waals surface area contributed by atoms with Gasteiger partial charge in [0.15, 0.2) is 0 Å². The van der Waals surface area contributed by atoms with Crippen molar-refractivity contribution in [2.75, 3.05) is 0 Å². The molecule has 0 bridgehead atoms. The fraction of sp³-hybridized carbons (Fsp3) is 0.133. The summed E-state index contributed by atoms with van der Waals surface area (Å²) in [4.78, 5) is 8.53. The molecule has 106 valence electrons. The highest BCUT2D eigenvalue weighted by atomic mass is 79.9. The molecule has 3 aromatic rings. The van der Waals surface area contributed by atoms with E-state index in [1.54, 1.807) is 23.3 Å². The average Bonchev–Trinajstić information content (AvgIpc) is 2.89. The molecule has 0 atom stereocenters. The molecule has 0 spiro atoms. The number of ether oxygens (including phenoxy) is 1. The number of nitrogens with zero attached hydrogens (tertiary/aromatic N) is 4. The highest BCUT2D eigenvalue weighted by Gasteiger charge is 2.07. The second-order valence-corrected chi connectivity index (χ2v) is 5.47. The van der Waals surface area contributed by atoms with Crippen LogP contribution >= 0.6 is 15.9 Å². The van der Waals surface area contributed by atoms with Gasteiger partial charge in [0.05, 0.1) is 18.1 Å². The van der Waals surface area contributed by atoms with Crippen LogP contribution in [0.15, 0.2) is 47.6 Å². The lowest BCUT2D eigenvalue weighted by Gasteiger charge is -2.09. The van der Waals surface area contributed by atoms with Crippen molar-refractivity contribution in [3.05, 3.63) is 53.2 Å². The van der Waals surface area contributed by atoms with E-state index in [9.17, 15) is 0 Å². The molecule has 0 aliphatic carbocycles. The summed E-state index contributed by atoms with van der Waals surface area (Å²) in [5.74, 6) is 1.44. The molecule has 0 saturated heterocycles. The van der Waals surface area contributed by atoms with Crippen molar-refractivity contribution in [1.82, 2.24) is 19.7 Å². The van der Waals surface area contributed by atoms with E-state index >= 15 is 0 Å². The third-order valence-electron chi connectivity index (χ3n) is 2.99. The number of hydrogen-bond donors (Lipinski definition) is 0. The van der Waals surface area contributed by atoms with Gasteiger partial charge in [-0.15, -0.1) is 0 Å². The number of rotatable bonds is 3. The lowest BCUT2D eigenvalue weighted by atomic mass is 10.2. The van der Waals surface area contributed by atoms with Gasteiger partial charge in [-0.3, -0.25) is 9.67 Å². The fourth-order valence-corrected chi connectivity index (χ4v) is 2.37. The first-order valence-electron chi connectivity index (χ1n) is 6.37. The Balaban J connectivity index is 1.89. The van der Waals surface area contributed by atoms with Crippen molar-refractivity contribution >= 4 is 15.9 Å². The third kappa shape index (κ3) is 3.11. The van der Waals surface area contributed by atoms with Crippen LogP contribution < -0.4 is 4.74 Å². The first-order chi connectivity index (χ1) is 10.1. The van der Waals surface area contributed by atoms with Gasteiger partial charge in [0.2, 0.25) is 0 Å². The molecule has 0 aliphatic heterocycles. The normalized spacial score (nSPS) is 10.6. The Hall–Kier alpha value is -2.21. The molecule has 0 radical (unpaired) electrons. The topological polar surface area (TPSA) is 52.8 Å². The Bertz CT molecular complexity index is 785. The summed E-state index contributed by atoms with van der Waals surface area (Å²) in [6.45, 7) is 1.98. The van der Waals surface area contributed by atoms with Gasteiger partial charge in [0.1, 0.15) is 16.1 Å². The largest absolute Gasteiger partial charge is 0.455 e. The average molecular weight is 345 g/mol. The predicted octanol–water partition coefficient (Wildman–Crippen LogP) is 3.74. The van der Waals surface area contributed by atoms with E-state index in [0.717, 1.165) is 32.9 Å². The van der Waals surface area contributed by atoms with Crippen molar-refractivity contribution in [1.29, 1.82) is 0 Å². The smallest absolute Gasteiger partial charge is 0.148 e.